The third-order valence-electron chi connectivity index (χ3n) is 2.61. The first-order valence-electron chi connectivity index (χ1n) is 5.10. The van der Waals surface area contributed by atoms with Crippen molar-refractivity contribution in [2.75, 3.05) is 13.2 Å². The Hall–Kier alpha value is -0.450. The second kappa shape index (κ2) is 4.87. The maximum atomic E-state index is 5.55. The third-order valence-corrected chi connectivity index (χ3v) is 3.65. The van der Waals surface area contributed by atoms with Gasteiger partial charge in [-0.25, -0.2) is 4.98 Å². The van der Waals surface area contributed by atoms with Gasteiger partial charge in [0, 0.05) is 37.3 Å². The number of hydrogen-bond donors (Lipinski definition) is 1. The van der Waals surface area contributed by atoms with Gasteiger partial charge in [-0.3, -0.25) is 0 Å². The van der Waals surface area contributed by atoms with Gasteiger partial charge in [-0.15, -0.1) is 11.3 Å². The van der Waals surface area contributed by atoms with E-state index in [1.54, 1.807) is 11.3 Å². The summed E-state index contributed by atoms with van der Waals surface area (Å²) in [5.74, 6) is 0.764. The van der Waals surface area contributed by atoms with Gasteiger partial charge in [0.25, 0.3) is 0 Å². The third kappa shape index (κ3) is 2.53. The van der Waals surface area contributed by atoms with E-state index in [2.05, 4.69) is 4.98 Å². The van der Waals surface area contributed by atoms with E-state index >= 15 is 0 Å². The minimum absolute atomic E-state index is 0.617. The molecule has 0 radical (unpaired) electrons. The SMILES string of the molecule is NCc1cnc(CC2CCOCC2)s1. The Labute approximate surface area is 88.3 Å². The van der Waals surface area contributed by atoms with Crippen LogP contribution in [0.25, 0.3) is 0 Å². The minimum Gasteiger partial charge on any atom is -0.381 e. The second-order valence-electron chi connectivity index (χ2n) is 3.68. The van der Waals surface area contributed by atoms with Crippen LogP contribution in [0.2, 0.25) is 0 Å². The minimum atomic E-state index is 0.617. The van der Waals surface area contributed by atoms with Crippen LogP contribution < -0.4 is 5.73 Å². The molecule has 4 heteroatoms. The summed E-state index contributed by atoms with van der Waals surface area (Å²) in [5.41, 5.74) is 5.55. The summed E-state index contributed by atoms with van der Waals surface area (Å²) in [5, 5.41) is 1.23. The van der Waals surface area contributed by atoms with Crippen molar-refractivity contribution in [3.8, 4) is 0 Å². The molecule has 0 aromatic carbocycles. The number of hydrogen-bond acceptors (Lipinski definition) is 4. The molecule has 1 saturated heterocycles. The van der Waals surface area contributed by atoms with E-state index in [0.29, 0.717) is 6.54 Å². The van der Waals surface area contributed by atoms with Crippen LogP contribution in [0.15, 0.2) is 6.20 Å². The molecule has 1 aromatic heterocycles. The average molecular weight is 212 g/mol. The van der Waals surface area contributed by atoms with Crippen LogP contribution in [0, 0.1) is 5.92 Å². The van der Waals surface area contributed by atoms with Crippen molar-refractivity contribution in [3.05, 3.63) is 16.1 Å². The standard InChI is InChI=1S/C10H16N2OS/c11-6-9-7-12-10(14-9)5-8-1-3-13-4-2-8/h7-8H,1-6,11H2. The van der Waals surface area contributed by atoms with E-state index in [9.17, 15) is 0 Å². The fourth-order valence-corrected chi connectivity index (χ4v) is 2.65. The van der Waals surface area contributed by atoms with Crippen molar-refractivity contribution < 1.29 is 4.74 Å². The van der Waals surface area contributed by atoms with Crippen molar-refractivity contribution in [1.29, 1.82) is 0 Å². The summed E-state index contributed by atoms with van der Waals surface area (Å²) in [7, 11) is 0. The first-order valence-corrected chi connectivity index (χ1v) is 5.91. The topological polar surface area (TPSA) is 48.1 Å². The maximum absolute atomic E-state index is 5.55. The van der Waals surface area contributed by atoms with Crippen LogP contribution >= 0.6 is 11.3 Å². The van der Waals surface area contributed by atoms with Crippen molar-refractivity contribution in [3.63, 3.8) is 0 Å². The molecule has 2 rings (SSSR count). The highest BCUT2D eigenvalue weighted by Gasteiger charge is 2.15. The van der Waals surface area contributed by atoms with Gasteiger partial charge in [0.05, 0.1) is 5.01 Å². The molecule has 0 atom stereocenters. The molecule has 0 aliphatic carbocycles. The average Bonchev–Trinajstić information content (AvgIpc) is 2.67. The Morgan fingerprint density at radius 3 is 2.93 bits per heavy atom. The Kier molecular flexibility index (Phi) is 3.50. The normalized spacial score (nSPS) is 18.6. The van der Waals surface area contributed by atoms with Gasteiger partial charge in [0.1, 0.15) is 0 Å². The predicted octanol–water partition coefficient (Wildman–Crippen LogP) is 1.57. The molecule has 14 heavy (non-hydrogen) atoms. The van der Waals surface area contributed by atoms with E-state index in [1.807, 2.05) is 6.20 Å². The zero-order valence-electron chi connectivity index (χ0n) is 8.24. The van der Waals surface area contributed by atoms with Crippen molar-refractivity contribution in [1.82, 2.24) is 4.98 Å². The molecule has 1 aliphatic rings. The number of thiazole rings is 1. The summed E-state index contributed by atoms with van der Waals surface area (Å²) < 4.78 is 5.33. The molecule has 0 amide bonds. The van der Waals surface area contributed by atoms with Crippen LogP contribution in [0.1, 0.15) is 22.7 Å². The molecule has 0 spiro atoms. The molecule has 1 aliphatic heterocycles. The Bertz CT molecular complexity index is 281. The van der Waals surface area contributed by atoms with Gasteiger partial charge in [0.2, 0.25) is 0 Å². The monoisotopic (exact) mass is 212 g/mol. The predicted molar refractivity (Wildman–Crippen MR) is 57.3 cm³/mol. The van der Waals surface area contributed by atoms with Gasteiger partial charge in [-0.1, -0.05) is 0 Å². The summed E-state index contributed by atoms with van der Waals surface area (Å²) in [4.78, 5) is 5.57. The van der Waals surface area contributed by atoms with Crippen molar-refractivity contribution in [2.45, 2.75) is 25.8 Å². The van der Waals surface area contributed by atoms with Crippen LogP contribution in [-0.4, -0.2) is 18.2 Å². The first-order chi connectivity index (χ1) is 6.88. The highest BCUT2D eigenvalue weighted by atomic mass is 32.1. The summed E-state index contributed by atoms with van der Waals surface area (Å²) in [6.45, 7) is 2.45. The molecule has 2 heterocycles. The number of ether oxygens (including phenoxy) is 1. The van der Waals surface area contributed by atoms with Crippen LogP contribution in [0.3, 0.4) is 0 Å². The summed E-state index contributed by atoms with van der Waals surface area (Å²) in [6.07, 6.45) is 5.36. The number of aromatic nitrogens is 1. The van der Waals surface area contributed by atoms with E-state index in [0.717, 1.165) is 25.6 Å². The molecule has 3 nitrogen and oxygen atoms in total. The Morgan fingerprint density at radius 1 is 1.50 bits per heavy atom. The lowest BCUT2D eigenvalue weighted by atomic mass is 9.97. The Balaban J connectivity index is 1.89. The summed E-state index contributed by atoms with van der Waals surface area (Å²) in [6, 6.07) is 0. The number of nitrogens with two attached hydrogens (primary N) is 1. The van der Waals surface area contributed by atoms with Gasteiger partial charge in [-0.05, 0) is 18.8 Å². The first kappa shape index (κ1) is 10.1. The van der Waals surface area contributed by atoms with Crippen LogP contribution in [0.5, 0.6) is 0 Å². The van der Waals surface area contributed by atoms with Gasteiger partial charge >= 0.3 is 0 Å². The largest absolute Gasteiger partial charge is 0.381 e. The fraction of sp³-hybridized carbons (Fsp3) is 0.700. The molecule has 0 saturated carbocycles. The highest BCUT2D eigenvalue weighted by Crippen LogP contribution is 2.22. The molecule has 2 N–H and O–H groups in total. The second-order valence-corrected chi connectivity index (χ2v) is 4.88. The van der Waals surface area contributed by atoms with Crippen LogP contribution in [-0.2, 0) is 17.7 Å². The van der Waals surface area contributed by atoms with Gasteiger partial charge in [0.15, 0.2) is 0 Å². The van der Waals surface area contributed by atoms with Crippen molar-refractivity contribution in [2.24, 2.45) is 11.7 Å². The number of nitrogens with zero attached hydrogens (tertiary/aromatic N) is 1. The van der Waals surface area contributed by atoms with Gasteiger partial charge < -0.3 is 10.5 Å². The van der Waals surface area contributed by atoms with Gasteiger partial charge in [-0.2, -0.15) is 0 Å². The van der Waals surface area contributed by atoms with E-state index < -0.39 is 0 Å². The molecule has 78 valence electrons. The maximum Gasteiger partial charge on any atom is 0.0930 e. The smallest absolute Gasteiger partial charge is 0.0930 e. The van der Waals surface area contributed by atoms with Crippen LogP contribution in [0.4, 0.5) is 0 Å². The van der Waals surface area contributed by atoms with E-state index in [-0.39, 0.29) is 0 Å². The molecule has 0 bridgehead atoms. The molecule has 1 fully saturated rings. The lowest BCUT2D eigenvalue weighted by molar-refractivity contribution is 0.0665. The molecular weight excluding hydrogens is 196 g/mol. The van der Waals surface area contributed by atoms with E-state index in [4.69, 9.17) is 10.5 Å². The number of rotatable bonds is 3. The molecular formula is C10H16N2OS. The fourth-order valence-electron chi connectivity index (χ4n) is 1.73. The zero-order chi connectivity index (χ0) is 9.80. The molecule has 0 unspecified atom stereocenters. The lowest BCUT2D eigenvalue weighted by Gasteiger charge is -2.20. The Morgan fingerprint density at radius 2 is 2.29 bits per heavy atom. The highest BCUT2D eigenvalue weighted by molar-refractivity contribution is 7.11. The van der Waals surface area contributed by atoms with E-state index in [1.165, 1.54) is 22.7 Å². The van der Waals surface area contributed by atoms with Crippen molar-refractivity contribution >= 4 is 11.3 Å². The quantitative estimate of drug-likeness (QED) is 0.827. The summed E-state index contributed by atoms with van der Waals surface area (Å²) >= 11 is 1.75. The molecule has 1 aromatic rings. The zero-order valence-corrected chi connectivity index (χ0v) is 9.05. The lowest BCUT2D eigenvalue weighted by Crippen LogP contribution is -2.17.